The van der Waals surface area contributed by atoms with Crippen LogP contribution in [-0.4, -0.2) is 31.8 Å². The third-order valence-electron chi connectivity index (χ3n) is 2.53. The zero-order valence-corrected chi connectivity index (χ0v) is 16.2. The van der Waals surface area contributed by atoms with Gasteiger partial charge in [0.2, 0.25) is 0 Å². The molecular formula is C12H10Br4O4. The molecule has 0 radical (unpaired) electrons. The molecule has 20 heavy (non-hydrogen) atoms. The molecule has 0 spiro atoms. The molecule has 1 aromatic rings. The average Bonchev–Trinajstić information content (AvgIpc) is 2.43. The summed E-state index contributed by atoms with van der Waals surface area (Å²) in [7, 11) is 0. The highest BCUT2D eigenvalue weighted by Gasteiger charge is 2.27. The number of hydrogen-bond donors (Lipinski definition) is 2. The van der Waals surface area contributed by atoms with Crippen molar-refractivity contribution in [2.45, 2.75) is 19.3 Å². The van der Waals surface area contributed by atoms with Gasteiger partial charge in [0, 0.05) is 0 Å². The zero-order valence-electron chi connectivity index (χ0n) is 9.84. The quantitative estimate of drug-likeness (QED) is 0.532. The molecule has 0 unspecified atom stereocenters. The van der Waals surface area contributed by atoms with E-state index in [1.807, 2.05) is 0 Å². The van der Waals surface area contributed by atoms with Crippen LogP contribution in [0.4, 0.5) is 0 Å². The molecule has 0 aliphatic rings. The topological polar surface area (TPSA) is 74.6 Å². The van der Waals surface area contributed by atoms with E-state index >= 15 is 0 Å². The van der Waals surface area contributed by atoms with E-state index in [1.54, 1.807) is 24.3 Å². The third kappa shape index (κ3) is 4.54. The number of aliphatic carboxylic acids is 2. The second-order valence-corrected chi connectivity index (χ2v) is 7.90. The van der Waals surface area contributed by atoms with Gasteiger partial charge in [0.05, 0.1) is 9.65 Å². The van der Waals surface area contributed by atoms with E-state index in [-0.39, 0.29) is 0 Å². The summed E-state index contributed by atoms with van der Waals surface area (Å²) in [4.78, 5) is 19.5. The molecule has 0 aromatic heterocycles. The molecule has 1 aromatic carbocycles. The molecule has 0 saturated carbocycles. The van der Waals surface area contributed by atoms with Crippen molar-refractivity contribution < 1.29 is 19.8 Å². The first-order valence-electron chi connectivity index (χ1n) is 5.37. The van der Waals surface area contributed by atoms with Gasteiger partial charge in [-0.2, -0.15) is 0 Å². The molecule has 4 atom stereocenters. The highest BCUT2D eigenvalue weighted by Crippen LogP contribution is 2.36. The number of halogens is 4. The summed E-state index contributed by atoms with van der Waals surface area (Å²) in [5, 5.41) is 18.0. The number of hydrogen-bond acceptors (Lipinski definition) is 2. The van der Waals surface area contributed by atoms with Crippen LogP contribution in [0.3, 0.4) is 0 Å². The van der Waals surface area contributed by atoms with E-state index in [0.29, 0.717) is 0 Å². The maximum absolute atomic E-state index is 11.0. The molecule has 4 nitrogen and oxygen atoms in total. The van der Waals surface area contributed by atoms with Crippen LogP contribution in [0.1, 0.15) is 20.8 Å². The van der Waals surface area contributed by atoms with Crippen molar-refractivity contribution in [2.24, 2.45) is 0 Å². The molecule has 0 fully saturated rings. The molecule has 0 aliphatic carbocycles. The fraction of sp³-hybridized carbons (Fsp3) is 0.333. The lowest BCUT2D eigenvalue weighted by atomic mass is 10.0. The van der Waals surface area contributed by atoms with Crippen molar-refractivity contribution in [3.05, 3.63) is 35.4 Å². The first-order chi connectivity index (χ1) is 9.25. The van der Waals surface area contributed by atoms with E-state index < -0.39 is 31.2 Å². The number of rotatable bonds is 6. The Labute approximate surface area is 149 Å². The Morgan fingerprint density at radius 3 is 1.50 bits per heavy atom. The van der Waals surface area contributed by atoms with Crippen molar-refractivity contribution in [1.82, 2.24) is 0 Å². The third-order valence-corrected chi connectivity index (χ3v) is 7.91. The van der Waals surface area contributed by atoms with Crippen LogP contribution >= 0.6 is 63.7 Å². The fourth-order valence-electron chi connectivity index (χ4n) is 1.49. The van der Waals surface area contributed by atoms with E-state index in [1.165, 1.54) is 0 Å². The van der Waals surface area contributed by atoms with Crippen molar-refractivity contribution in [3.63, 3.8) is 0 Å². The summed E-state index contributed by atoms with van der Waals surface area (Å²) in [6.45, 7) is 0. The summed E-state index contributed by atoms with van der Waals surface area (Å²) < 4.78 is 0. The summed E-state index contributed by atoms with van der Waals surface area (Å²) in [6.07, 6.45) is 0. The van der Waals surface area contributed by atoms with Gasteiger partial charge in [-0.3, -0.25) is 9.59 Å². The molecule has 1 rings (SSSR count). The number of benzene rings is 1. The standard InChI is InChI=1S/C12H10Br4O4/c13-7(9(15)11(17)18)5-2-1-3-6(4-5)8(14)10(16)12(19)20/h1-4,7-10H,(H,17,18)(H,19,20)/t7-,8+,9-,10+. The summed E-state index contributed by atoms with van der Waals surface area (Å²) in [6, 6.07) is 7.09. The number of carbonyl (C=O) groups is 2. The van der Waals surface area contributed by atoms with Crippen molar-refractivity contribution in [1.29, 1.82) is 0 Å². The SMILES string of the molecule is O=C(O)[C@@H](Br)[C@@H](Br)c1cccc([C@@H](Br)[C@@H](Br)C(=O)O)c1. The predicted molar refractivity (Wildman–Crippen MR) is 90.5 cm³/mol. The van der Waals surface area contributed by atoms with Gasteiger partial charge in [-0.1, -0.05) is 88.0 Å². The lowest BCUT2D eigenvalue weighted by Crippen LogP contribution is -2.19. The van der Waals surface area contributed by atoms with Crippen LogP contribution in [0.25, 0.3) is 0 Å². The van der Waals surface area contributed by atoms with Crippen LogP contribution in [0.2, 0.25) is 0 Å². The van der Waals surface area contributed by atoms with E-state index in [4.69, 9.17) is 10.2 Å². The zero-order chi connectivity index (χ0) is 15.4. The summed E-state index contributed by atoms with van der Waals surface area (Å²) >= 11 is 12.9. The lowest BCUT2D eigenvalue weighted by molar-refractivity contribution is -0.137. The molecule has 2 N–H and O–H groups in total. The highest BCUT2D eigenvalue weighted by molar-refractivity contribution is 9.12. The molecule has 0 bridgehead atoms. The van der Waals surface area contributed by atoms with Gasteiger partial charge in [0.15, 0.2) is 0 Å². The van der Waals surface area contributed by atoms with Gasteiger partial charge in [-0.05, 0) is 11.1 Å². The summed E-state index contributed by atoms with van der Waals surface area (Å²) in [5.74, 6) is -1.95. The largest absolute Gasteiger partial charge is 0.480 e. The van der Waals surface area contributed by atoms with Gasteiger partial charge in [-0.15, -0.1) is 0 Å². The molecule has 110 valence electrons. The Balaban J connectivity index is 3.01. The first kappa shape index (κ1) is 18.1. The minimum absolute atomic E-state index is 0.418. The molecule has 0 aliphatic heterocycles. The smallest absolute Gasteiger partial charge is 0.318 e. The monoisotopic (exact) mass is 534 g/mol. The molecule has 0 heterocycles. The van der Waals surface area contributed by atoms with Crippen molar-refractivity contribution in [3.8, 4) is 0 Å². The average molecular weight is 538 g/mol. The van der Waals surface area contributed by atoms with Gasteiger partial charge in [-0.25, -0.2) is 0 Å². The Hall–Kier alpha value is 0.0800. The van der Waals surface area contributed by atoms with Gasteiger partial charge >= 0.3 is 11.9 Å². The van der Waals surface area contributed by atoms with Crippen LogP contribution in [0.15, 0.2) is 24.3 Å². The Morgan fingerprint density at radius 1 is 0.850 bits per heavy atom. The minimum Gasteiger partial charge on any atom is -0.480 e. The molecule has 8 heteroatoms. The van der Waals surface area contributed by atoms with E-state index in [9.17, 15) is 9.59 Å². The van der Waals surface area contributed by atoms with Crippen LogP contribution < -0.4 is 0 Å². The fourth-order valence-corrected chi connectivity index (χ4v) is 3.12. The summed E-state index contributed by atoms with van der Waals surface area (Å²) in [5.41, 5.74) is 1.50. The Kier molecular flexibility index (Phi) is 7.17. The predicted octanol–water partition coefficient (Wildman–Crippen LogP) is 4.25. The first-order valence-corrected chi connectivity index (χ1v) is 9.03. The Bertz CT molecular complexity index is 467. The minimum atomic E-state index is -0.975. The molecular weight excluding hydrogens is 528 g/mol. The van der Waals surface area contributed by atoms with Crippen molar-refractivity contribution >= 4 is 75.7 Å². The van der Waals surface area contributed by atoms with Crippen molar-refractivity contribution in [2.75, 3.05) is 0 Å². The second kappa shape index (κ2) is 7.91. The van der Waals surface area contributed by atoms with Crippen LogP contribution in [0.5, 0.6) is 0 Å². The van der Waals surface area contributed by atoms with Gasteiger partial charge in [0.1, 0.15) is 9.65 Å². The Morgan fingerprint density at radius 2 is 1.20 bits per heavy atom. The number of carboxylic acids is 2. The van der Waals surface area contributed by atoms with Gasteiger partial charge < -0.3 is 10.2 Å². The normalized spacial score (nSPS) is 17.0. The maximum Gasteiger partial charge on any atom is 0.318 e. The number of carboxylic acid groups (broad SMARTS) is 2. The van der Waals surface area contributed by atoms with Gasteiger partial charge in [0.25, 0.3) is 0 Å². The second-order valence-electron chi connectivity index (χ2n) is 3.95. The van der Waals surface area contributed by atoms with Crippen LogP contribution in [-0.2, 0) is 9.59 Å². The highest BCUT2D eigenvalue weighted by atomic mass is 79.9. The lowest BCUT2D eigenvalue weighted by Gasteiger charge is -2.17. The molecule has 0 amide bonds. The van der Waals surface area contributed by atoms with Crippen LogP contribution in [0, 0.1) is 0 Å². The van der Waals surface area contributed by atoms with E-state index in [0.717, 1.165) is 11.1 Å². The number of alkyl halides is 4. The maximum atomic E-state index is 11.0. The van der Waals surface area contributed by atoms with E-state index in [2.05, 4.69) is 63.7 Å². The molecule has 0 saturated heterocycles.